The minimum Gasteiger partial charge on any atom is -0.330 e. The molecule has 1 aromatic rings. The van der Waals surface area contributed by atoms with Gasteiger partial charge in [0.1, 0.15) is 0 Å². The molecule has 0 aliphatic rings. The third kappa shape index (κ3) is 2.58. The van der Waals surface area contributed by atoms with Crippen molar-refractivity contribution in [2.75, 3.05) is 6.54 Å². The Hall–Kier alpha value is -0.820. The normalized spacial score (nSPS) is 14.1. The van der Waals surface area contributed by atoms with Crippen molar-refractivity contribution in [2.24, 2.45) is 5.73 Å². The molecule has 0 heterocycles. The maximum absolute atomic E-state index is 5.63. The molecule has 0 unspecified atom stereocenters. The van der Waals surface area contributed by atoms with E-state index in [4.69, 9.17) is 5.73 Å². The van der Waals surface area contributed by atoms with Crippen molar-refractivity contribution in [2.45, 2.75) is 39.0 Å². The molecule has 14 heavy (non-hydrogen) atoms. The van der Waals surface area contributed by atoms with Crippen LogP contribution < -0.4 is 5.73 Å². The summed E-state index contributed by atoms with van der Waals surface area (Å²) >= 11 is 0. The molecule has 0 spiro atoms. The van der Waals surface area contributed by atoms with Crippen LogP contribution in [0.15, 0.2) is 24.3 Å². The predicted octanol–water partition coefficient (Wildman–Crippen LogP) is 3.05. The molecule has 0 saturated heterocycles. The number of nitrogens with two attached hydrogens (primary N) is 1. The monoisotopic (exact) mass is 191 g/mol. The zero-order valence-corrected chi connectivity index (χ0v) is 9.67. The first-order valence-corrected chi connectivity index (χ1v) is 5.25. The van der Waals surface area contributed by atoms with Crippen molar-refractivity contribution < 1.29 is 0 Å². The summed E-state index contributed by atoms with van der Waals surface area (Å²) in [6.07, 6.45) is 0. The molecule has 0 bridgehead atoms. The molecule has 0 radical (unpaired) electrons. The third-order valence-electron chi connectivity index (χ3n) is 2.70. The fraction of sp³-hybridized carbons (Fsp3) is 0.538. The molecule has 0 amide bonds. The Kier molecular flexibility index (Phi) is 3.33. The predicted molar refractivity (Wildman–Crippen MR) is 62.6 cm³/mol. The largest absolute Gasteiger partial charge is 0.330 e. The van der Waals surface area contributed by atoms with Gasteiger partial charge in [0.25, 0.3) is 0 Å². The Morgan fingerprint density at radius 2 is 1.64 bits per heavy atom. The van der Waals surface area contributed by atoms with Crippen LogP contribution in [0.1, 0.15) is 44.7 Å². The smallest absolute Gasteiger partial charge is 0.00109 e. The summed E-state index contributed by atoms with van der Waals surface area (Å²) in [4.78, 5) is 0. The van der Waals surface area contributed by atoms with Crippen molar-refractivity contribution >= 4 is 0 Å². The van der Waals surface area contributed by atoms with Gasteiger partial charge >= 0.3 is 0 Å². The van der Waals surface area contributed by atoms with E-state index in [2.05, 4.69) is 52.0 Å². The van der Waals surface area contributed by atoms with E-state index in [1.807, 2.05) is 0 Å². The van der Waals surface area contributed by atoms with Crippen LogP contribution in [0, 0.1) is 0 Å². The average molecular weight is 191 g/mol. The standard InChI is InChI=1S/C13H21N/c1-10(9-14)11-5-7-12(8-6-11)13(2,3)4/h5-8,10H,9,14H2,1-4H3/t10-/m0/s1. The Morgan fingerprint density at radius 3 is 2.00 bits per heavy atom. The van der Waals surface area contributed by atoms with Crippen LogP contribution in [0.2, 0.25) is 0 Å². The third-order valence-corrected chi connectivity index (χ3v) is 2.70. The molecule has 1 atom stereocenters. The van der Waals surface area contributed by atoms with Gasteiger partial charge in [-0.2, -0.15) is 0 Å². The van der Waals surface area contributed by atoms with E-state index < -0.39 is 0 Å². The van der Waals surface area contributed by atoms with Crippen LogP contribution in [0.25, 0.3) is 0 Å². The van der Waals surface area contributed by atoms with E-state index in [0.717, 1.165) is 6.54 Å². The van der Waals surface area contributed by atoms with E-state index in [1.54, 1.807) is 0 Å². The Morgan fingerprint density at radius 1 is 1.14 bits per heavy atom. The van der Waals surface area contributed by atoms with Crippen molar-refractivity contribution in [3.63, 3.8) is 0 Å². The molecule has 0 aromatic heterocycles. The van der Waals surface area contributed by atoms with Gasteiger partial charge in [0.05, 0.1) is 0 Å². The Labute approximate surface area is 87.3 Å². The maximum atomic E-state index is 5.63. The van der Waals surface area contributed by atoms with Crippen molar-refractivity contribution in [1.82, 2.24) is 0 Å². The number of hydrogen-bond acceptors (Lipinski definition) is 1. The Balaban J connectivity index is 2.89. The number of rotatable bonds is 2. The summed E-state index contributed by atoms with van der Waals surface area (Å²) in [5, 5.41) is 0. The van der Waals surface area contributed by atoms with E-state index in [9.17, 15) is 0 Å². The molecule has 1 aromatic carbocycles. The quantitative estimate of drug-likeness (QED) is 0.764. The summed E-state index contributed by atoms with van der Waals surface area (Å²) in [5.74, 6) is 0.462. The number of benzene rings is 1. The summed E-state index contributed by atoms with van der Waals surface area (Å²) < 4.78 is 0. The minimum atomic E-state index is 0.241. The van der Waals surface area contributed by atoms with Crippen LogP contribution >= 0.6 is 0 Å². The molecular formula is C13H21N. The van der Waals surface area contributed by atoms with Crippen molar-refractivity contribution in [3.8, 4) is 0 Å². The second-order valence-electron chi connectivity index (χ2n) is 5.01. The van der Waals surface area contributed by atoms with Crippen LogP contribution in [-0.4, -0.2) is 6.54 Å². The first-order valence-electron chi connectivity index (χ1n) is 5.25. The molecule has 0 fully saturated rings. The zero-order valence-electron chi connectivity index (χ0n) is 9.67. The lowest BCUT2D eigenvalue weighted by Gasteiger charge is -2.20. The van der Waals surface area contributed by atoms with Gasteiger partial charge in [0.2, 0.25) is 0 Å². The average Bonchev–Trinajstić information content (AvgIpc) is 2.15. The fourth-order valence-electron chi connectivity index (χ4n) is 1.45. The molecule has 1 nitrogen and oxygen atoms in total. The molecule has 2 N–H and O–H groups in total. The number of hydrogen-bond donors (Lipinski definition) is 1. The highest BCUT2D eigenvalue weighted by Gasteiger charge is 2.13. The van der Waals surface area contributed by atoms with Gasteiger partial charge in [-0.25, -0.2) is 0 Å². The van der Waals surface area contributed by atoms with Gasteiger partial charge < -0.3 is 5.73 Å². The summed E-state index contributed by atoms with van der Waals surface area (Å²) in [5.41, 5.74) is 8.58. The van der Waals surface area contributed by atoms with Crippen molar-refractivity contribution in [1.29, 1.82) is 0 Å². The zero-order chi connectivity index (χ0) is 10.8. The van der Waals surface area contributed by atoms with E-state index >= 15 is 0 Å². The lowest BCUT2D eigenvalue weighted by atomic mass is 9.86. The van der Waals surface area contributed by atoms with E-state index in [1.165, 1.54) is 11.1 Å². The summed E-state index contributed by atoms with van der Waals surface area (Å²) in [7, 11) is 0. The summed E-state index contributed by atoms with van der Waals surface area (Å²) in [6.45, 7) is 9.57. The minimum absolute atomic E-state index is 0.241. The van der Waals surface area contributed by atoms with Gasteiger partial charge in [-0.05, 0) is 29.0 Å². The highest BCUT2D eigenvalue weighted by atomic mass is 14.5. The highest BCUT2D eigenvalue weighted by molar-refractivity contribution is 5.29. The second-order valence-corrected chi connectivity index (χ2v) is 5.01. The molecule has 0 aliphatic heterocycles. The van der Waals surface area contributed by atoms with Gasteiger partial charge in [-0.3, -0.25) is 0 Å². The lowest BCUT2D eigenvalue weighted by Crippen LogP contribution is -2.12. The van der Waals surface area contributed by atoms with Gasteiger partial charge in [-0.15, -0.1) is 0 Å². The molecule has 1 rings (SSSR count). The first kappa shape index (κ1) is 11.3. The van der Waals surface area contributed by atoms with Crippen LogP contribution in [0.5, 0.6) is 0 Å². The maximum Gasteiger partial charge on any atom is -0.00109 e. The molecule has 0 aliphatic carbocycles. The highest BCUT2D eigenvalue weighted by Crippen LogP contribution is 2.24. The molecular weight excluding hydrogens is 170 g/mol. The first-order chi connectivity index (χ1) is 6.45. The van der Waals surface area contributed by atoms with E-state index in [-0.39, 0.29) is 5.41 Å². The Bertz CT molecular complexity index is 279. The SMILES string of the molecule is C[C@@H](CN)c1ccc(C(C)(C)C)cc1. The van der Waals surface area contributed by atoms with Crippen molar-refractivity contribution in [3.05, 3.63) is 35.4 Å². The molecule has 1 heteroatoms. The topological polar surface area (TPSA) is 26.0 Å². The van der Waals surface area contributed by atoms with Crippen LogP contribution in [0.4, 0.5) is 0 Å². The van der Waals surface area contributed by atoms with E-state index in [0.29, 0.717) is 5.92 Å². The van der Waals surface area contributed by atoms with Crippen LogP contribution in [-0.2, 0) is 5.41 Å². The van der Waals surface area contributed by atoms with Gasteiger partial charge in [-0.1, -0.05) is 52.0 Å². The van der Waals surface area contributed by atoms with Gasteiger partial charge in [0.15, 0.2) is 0 Å². The van der Waals surface area contributed by atoms with Gasteiger partial charge in [0, 0.05) is 0 Å². The molecule has 78 valence electrons. The summed E-state index contributed by atoms with van der Waals surface area (Å²) in [6, 6.07) is 8.80. The lowest BCUT2D eigenvalue weighted by molar-refractivity contribution is 0.589. The fourth-order valence-corrected chi connectivity index (χ4v) is 1.45. The van der Waals surface area contributed by atoms with Crippen LogP contribution in [0.3, 0.4) is 0 Å². The second kappa shape index (κ2) is 4.14. The molecule has 0 saturated carbocycles.